The van der Waals surface area contributed by atoms with Crippen molar-refractivity contribution in [3.05, 3.63) is 89.5 Å². The maximum absolute atomic E-state index is 12.2. The molecule has 3 aromatic rings. The molecule has 1 amide bonds. The molecule has 1 aliphatic rings. The Morgan fingerprint density at radius 1 is 0.935 bits per heavy atom. The van der Waals surface area contributed by atoms with E-state index < -0.39 is 18.3 Å². The summed E-state index contributed by atoms with van der Waals surface area (Å²) in [5, 5.41) is 23.1. The van der Waals surface area contributed by atoms with Gasteiger partial charge in [-0.2, -0.15) is 0 Å². The van der Waals surface area contributed by atoms with Gasteiger partial charge in [-0.05, 0) is 46.4 Å². The van der Waals surface area contributed by atoms with Crippen LogP contribution in [0.2, 0.25) is 0 Å². The van der Waals surface area contributed by atoms with Crippen molar-refractivity contribution in [1.82, 2.24) is 5.32 Å². The van der Waals surface area contributed by atoms with E-state index in [-0.39, 0.29) is 25.5 Å². The van der Waals surface area contributed by atoms with E-state index in [2.05, 4.69) is 29.6 Å². The summed E-state index contributed by atoms with van der Waals surface area (Å²) in [5.41, 5.74) is 11.4. The third kappa shape index (κ3) is 4.55. The highest BCUT2D eigenvalue weighted by Crippen LogP contribution is 2.44. The Kier molecular flexibility index (Phi) is 6.21. The Labute approximate surface area is 181 Å². The number of nitrogens with two attached hydrogens (primary N) is 1. The number of carbonyl (C=O) groups excluding carboxylic acids is 1. The maximum atomic E-state index is 12.2. The molecule has 0 aromatic heterocycles. The van der Waals surface area contributed by atoms with Crippen LogP contribution in [0.3, 0.4) is 0 Å². The minimum absolute atomic E-state index is 0.00363. The van der Waals surface area contributed by atoms with Crippen molar-refractivity contribution in [2.75, 3.05) is 18.9 Å². The number of rotatable bonds is 7. The van der Waals surface area contributed by atoms with Crippen molar-refractivity contribution < 1.29 is 19.7 Å². The van der Waals surface area contributed by atoms with Crippen LogP contribution in [-0.4, -0.2) is 35.6 Å². The van der Waals surface area contributed by atoms with E-state index in [1.165, 1.54) is 11.1 Å². The first-order valence-electron chi connectivity index (χ1n) is 10.3. The highest BCUT2D eigenvalue weighted by Gasteiger charge is 2.29. The van der Waals surface area contributed by atoms with E-state index >= 15 is 0 Å². The lowest BCUT2D eigenvalue weighted by Gasteiger charge is -2.19. The molecule has 0 radical (unpaired) electrons. The number of nitrogens with one attached hydrogen (secondary N) is 1. The number of ether oxygens (including phenoxy) is 1. The molecule has 4 rings (SSSR count). The number of hydrogen-bond donors (Lipinski definition) is 4. The molecule has 0 aliphatic heterocycles. The summed E-state index contributed by atoms with van der Waals surface area (Å²) < 4.78 is 5.47. The van der Waals surface area contributed by atoms with Crippen molar-refractivity contribution >= 4 is 11.8 Å². The molecule has 1 aliphatic carbocycles. The lowest BCUT2D eigenvalue weighted by atomic mass is 9.98. The zero-order chi connectivity index (χ0) is 21.8. The summed E-state index contributed by atoms with van der Waals surface area (Å²) in [6.07, 6.45) is -2.42. The van der Waals surface area contributed by atoms with Gasteiger partial charge >= 0.3 is 6.09 Å². The van der Waals surface area contributed by atoms with Gasteiger partial charge in [-0.1, -0.05) is 60.7 Å². The van der Waals surface area contributed by atoms with Crippen LogP contribution in [-0.2, 0) is 4.74 Å². The Hall–Kier alpha value is -3.35. The van der Waals surface area contributed by atoms with Crippen LogP contribution in [0.5, 0.6) is 0 Å². The van der Waals surface area contributed by atoms with E-state index in [1.807, 2.05) is 24.3 Å². The molecule has 160 valence electrons. The quantitative estimate of drug-likeness (QED) is 0.439. The van der Waals surface area contributed by atoms with Crippen LogP contribution in [0.15, 0.2) is 72.8 Å². The largest absolute Gasteiger partial charge is 0.449 e. The molecule has 31 heavy (non-hydrogen) atoms. The van der Waals surface area contributed by atoms with Gasteiger partial charge in [-0.15, -0.1) is 0 Å². The molecule has 2 unspecified atom stereocenters. The van der Waals surface area contributed by atoms with Gasteiger partial charge in [-0.25, -0.2) is 4.79 Å². The van der Waals surface area contributed by atoms with Gasteiger partial charge in [0.15, 0.2) is 0 Å². The number of hydrogen-bond acceptors (Lipinski definition) is 5. The van der Waals surface area contributed by atoms with E-state index in [1.54, 1.807) is 24.3 Å². The minimum Gasteiger partial charge on any atom is -0.449 e. The number of nitrogen functional groups attached to an aromatic ring is 1. The molecule has 0 heterocycles. The maximum Gasteiger partial charge on any atom is 0.407 e. The van der Waals surface area contributed by atoms with Gasteiger partial charge in [0.1, 0.15) is 12.7 Å². The second-order valence-electron chi connectivity index (χ2n) is 7.72. The smallest absolute Gasteiger partial charge is 0.407 e. The standard InChI is InChI=1S/C25H26N2O4/c26-17-11-9-16(10-12-17)24(29)23(28)13-14-27-25(30)31-15-22-20-7-3-1-5-18(20)19-6-2-4-8-21(19)22/h1-12,22-24,28-29H,13-15,26H2,(H,27,30). The summed E-state index contributed by atoms with van der Waals surface area (Å²) >= 11 is 0. The molecule has 6 heteroatoms. The molecule has 0 saturated carbocycles. The first kappa shape index (κ1) is 20.9. The van der Waals surface area contributed by atoms with E-state index in [9.17, 15) is 15.0 Å². The van der Waals surface area contributed by atoms with Crippen molar-refractivity contribution in [1.29, 1.82) is 0 Å². The van der Waals surface area contributed by atoms with Gasteiger partial charge in [-0.3, -0.25) is 0 Å². The zero-order valence-corrected chi connectivity index (χ0v) is 17.1. The lowest BCUT2D eigenvalue weighted by Crippen LogP contribution is -2.30. The van der Waals surface area contributed by atoms with Gasteiger partial charge in [0, 0.05) is 18.2 Å². The Bertz CT molecular complexity index is 1010. The zero-order valence-electron chi connectivity index (χ0n) is 17.1. The van der Waals surface area contributed by atoms with E-state index in [0.717, 1.165) is 11.1 Å². The van der Waals surface area contributed by atoms with Crippen LogP contribution in [0, 0.1) is 0 Å². The van der Waals surface area contributed by atoms with Gasteiger partial charge in [0.05, 0.1) is 6.10 Å². The number of anilines is 1. The van der Waals surface area contributed by atoms with Crippen molar-refractivity contribution in [2.24, 2.45) is 0 Å². The lowest BCUT2D eigenvalue weighted by molar-refractivity contribution is 0.0137. The highest BCUT2D eigenvalue weighted by molar-refractivity contribution is 5.79. The second-order valence-corrected chi connectivity index (χ2v) is 7.72. The number of alkyl carbamates (subject to hydrolysis) is 1. The molecular weight excluding hydrogens is 392 g/mol. The molecule has 6 nitrogen and oxygen atoms in total. The Morgan fingerprint density at radius 2 is 1.52 bits per heavy atom. The average molecular weight is 418 g/mol. The fourth-order valence-corrected chi connectivity index (χ4v) is 4.04. The fraction of sp³-hybridized carbons (Fsp3) is 0.240. The number of fused-ring (bicyclic) bond motifs is 3. The summed E-state index contributed by atoms with van der Waals surface area (Å²) in [4.78, 5) is 12.2. The Morgan fingerprint density at radius 3 is 2.13 bits per heavy atom. The topological polar surface area (TPSA) is 105 Å². The average Bonchev–Trinajstić information content (AvgIpc) is 3.11. The molecule has 0 bridgehead atoms. The molecular formula is C25H26N2O4. The van der Waals surface area contributed by atoms with Crippen molar-refractivity contribution in [2.45, 2.75) is 24.5 Å². The fourth-order valence-electron chi connectivity index (χ4n) is 4.04. The predicted octanol–water partition coefficient (Wildman–Crippen LogP) is 3.59. The van der Waals surface area contributed by atoms with Crippen molar-refractivity contribution in [3.63, 3.8) is 0 Å². The summed E-state index contributed by atoms with van der Waals surface area (Å²) in [7, 11) is 0. The van der Waals surface area contributed by atoms with Gasteiger partial charge < -0.3 is 26.0 Å². The van der Waals surface area contributed by atoms with E-state index in [4.69, 9.17) is 10.5 Å². The summed E-state index contributed by atoms with van der Waals surface area (Å²) in [6.45, 7) is 0.417. The van der Waals surface area contributed by atoms with Crippen LogP contribution in [0.1, 0.15) is 35.1 Å². The summed E-state index contributed by atoms with van der Waals surface area (Å²) in [6, 6.07) is 23.0. The number of benzene rings is 3. The second kappa shape index (κ2) is 9.20. The highest BCUT2D eigenvalue weighted by atomic mass is 16.5. The van der Waals surface area contributed by atoms with Crippen molar-refractivity contribution in [3.8, 4) is 11.1 Å². The number of carbonyl (C=O) groups is 1. The SMILES string of the molecule is Nc1ccc(C(O)C(O)CCNC(=O)OCC2c3ccccc3-c3ccccc32)cc1. The van der Waals surface area contributed by atoms with Gasteiger partial charge in [0.2, 0.25) is 0 Å². The van der Waals surface area contributed by atoms with E-state index in [0.29, 0.717) is 11.3 Å². The molecule has 2 atom stereocenters. The van der Waals surface area contributed by atoms with Crippen LogP contribution < -0.4 is 11.1 Å². The third-order valence-corrected chi connectivity index (χ3v) is 5.70. The Balaban J connectivity index is 1.28. The van der Waals surface area contributed by atoms with Gasteiger partial charge in [0.25, 0.3) is 0 Å². The molecule has 0 spiro atoms. The normalized spacial score (nSPS) is 14.4. The monoisotopic (exact) mass is 418 g/mol. The predicted molar refractivity (Wildman–Crippen MR) is 120 cm³/mol. The molecule has 5 N–H and O–H groups in total. The molecule has 0 fully saturated rings. The first-order valence-corrected chi connectivity index (χ1v) is 10.3. The number of amides is 1. The van der Waals surface area contributed by atoms with Crippen LogP contribution in [0.25, 0.3) is 11.1 Å². The van der Waals surface area contributed by atoms with Crippen LogP contribution >= 0.6 is 0 Å². The minimum atomic E-state index is -1.05. The van der Waals surface area contributed by atoms with Crippen LogP contribution in [0.4, 0.5) is 10.5 Å². The number of aliphatic hydroxyl groups is 2. The number of aliphatic hydroxyl groups excluding tert-OH is 2. The first-order chi connectivity index (χ1) is 15.0. The molecule has 3 aromatic carbocycles. The molecule has 0 saturated heterocycles. The third-order valence-electron chi connectivity index (χ3n) is 5.70. The summed E-state index contributed by atoms with van der Waals surface area (Å²) in [5.74, 6) is -0.00363.